The number of carbonyl (C=O) groups is 2. The molecule has 0 aromatic heterocycles. The van der Waals surface area contributed by atoms with Crippen LogP contribution >= 0.6 is 0 Å². The summed E-state index contributed by atoms with van der Waals surface area (Å²) in [5, 5.41) is 0. The molecule has 0 saturated carbocycles. The summed E-state index contributed by atoms with van der Waals surface area (Å²) in [4.78, 5) is 20.2. The molecule has 0 aliphatic heterocycles. The van der Waals surface area contributed by atoms with Crippen molar-refractivity contribution in [3.8, 4) is 0 Å². The minimum absolute atomic E-state index is 0. The normalized spacial score (nSPS) is 11.7. The van der Waals surface area contributed by atoms with Crippen molar-refractivity contribution in [2.75, 3.05) is 6.54 Å². The maximum absolute atomic E-state index is 11.4. The Labute approximate surface area is 161 Å². The van der Waals surface area contributed by atoms with E-state index in [1.165, 1.54) is 0 Å². The van der Waals surface area contributed by atoms with E-state index in [1.807, 2.05) is 0 Å². The Hall–Kier alpha value is 0.536. The van der Waals surface area contributed by atoms with Gasteiger partial charge in [-0.2, -0.15) is 0 Å². The van der Waals surface area contributed by atoms with Crippen LogP contribution in [0.3, 0.4) is 0 Å². The van der Waals surface area contributed by atoms with Crippen LogP contribution in [-0.2, 0) is 14.3 Å². The smallest absolute Gasteiger partial charge is 0.677 e. The number of esters is 1. The van der Waals surface area contributed by atoms with E-state index in [0.717, 1.165) is 0 Å². The average Bonchev–Trinajstić information content (AvgIpc) is 2.10. The van der Waals surface area contributed by atoms with Gasteiger partial charge in [0.25, 0.3) is 0 Å². The third kappa shape index (κ3) is 13.3. The predicted octanol–water partition coefficient (Wildman–Crippen LogP) is 0.632. The molecule has 0 unspecified atom stereocenters. The van der Waals surface area contributed by atoms with Crippen molar-refractivity contribution in [3.63, 3.8) is 0 Å². The molecule has 0 saturated heterocycles. The first-order valence-electron chi connectivity index (χ1n) is 6.38. The first-order valence-corrected chi connectivity index (χ1v) is 5.88. The van der Waals surface area contributed by atoms with E-state index >= 15 is 0 Å². The van der Waals surface area contributed by atoms with Gasteiger partial charge in [0.2, 0.25) is 0 Å². The fourth-order valence-electron chi connectivity index (χ4n) is 1.95. The summed E-state index contributed by atoms with van der Waals surface area (Å²) in [5.74, 6) is -0.264. The van der Waals surface area contributed by atoms with Gasteiger partial charge in [-0.3, -0.25) is 4.79 Å². The Kier molecular flexibility index (Phi) is 12.9. The molecule has 5 nitrogen and oxygen atoms in total. The first-order chi connectivity index (χ1) is 8.32. The molecule has 0 heterocycles. The van der Waals surface area contributed by atoms with Crippen molar-refractivity contribution in [1.29, 1.82) is 0 Å². The van der Waals surface area contributed by atoms with E-state index in [9.17, 15) is 4.79 Å². The molecule has 1 amide bonds. The van der Waals surface area contributed by atoms with E-state index in [0.29, 0.717) is 0 Å². The van der Waals surface area contributed by atoms with Crippen molar-refractivity contribution in [3.05, 3.63) is 11.5 Å². The van der Waals surface area contributed by atoms with Crippen molar-refractivity contribution in [1.82, 2.24) is 0 Å². The number of ether oxygens (including phenoxy) is 1. The van der Waals surface area contributed by atoms with Crippen LogP contribution < -0.4 is 51.4 Å². The summed E-state index contributed by atoms with van der Waals surface area (Å²) >= 11 is 0. The summed E-state index contributed by atoms with van der Waals surface area (Å²) in [5.41, 5.74) is 12.5. The number of hydrogen-bond donors (Lipinski definition) is 0. The Morgan fingerprint density at radius 2 is 1.58 bits per heavy atom. The van der Waals surface area contributed by atoms with E-state index < -0.39 is 6.39 Å². The maximum atomic E-state index is 11.4. The van der Waals surface area contributed by atoms with E-state index in [1.54, 1.807) is 0 Å². The largest absolute Gasteiger partial charge is 1.00 e. The molecule has 0 atom stereocenters. The van der Waals surface area contributed by atoms with Crippen molar-refractivity contribution in [2.45, 2.75) is 54.1 Å². The molecule has 0 radical (unpaired) electrons. The van der Waals surface area contributed by atoms with Crippen molar-refractivity contribution >= 4 is 12.4 Å². The zero-order valence-electron chi connectivity index (χ0n) is 14.2. The Morgan fingerprint density at radius 1 is 1.26 bits per heavy atom. The standard InChI is InChI=1S/C12H24NO2.CH3NO.K/c1-11(2,3)10(12(4,5)6)15-9(14)7-8-13;2-1-3;/h10,13H,7-8H2,1-6H3;1H,(H2,2,3);/q-1;;+1/p-1/i;1D;. The maximum Gasteiger partial charge on any atom is 1.00 e. The van der Waals surface area contributed by atoms with Gasteiger partial charge in [-0.1, -0.05) is 41.5 Å². The molecule has 0 aromatic carbocycles. The Bertz CT molecular complexity index is 281. The van der Waals surface area contributed by atoms with Gasteiger partial charge >= 0.3 is 57.4 Å². The van der Waals surface area contributed by atoms with Crippen LogP contribution in [0.2, 0.25) is 0 Å². The second-order valence-corrected chi connectivity index (χ2v) is 6.20. The van der Waals surface area contributed by atoms with Crippen LogP contribution in [-0.4, -0.2) is 25.0 Å². The van der Waals surface area contributed by atoms with Crippen LogP contribution in [0.5, 0.6) is 0 Å². The number of nitrogens with one attached hydrogen (secondary N) is 2. The van der Waals surface area contributed by atoms with Gasteiger partial charge in [0.15, 0.2) is 0 Å². The van der Waals surface area contributed by atoms with Gasteiger partial charge in [-0.25, -0.2) is 0 Å². The van der Waals surface area contributed by atoms with Gasteiger partial charge in [0, 0.05) is 12.8 Å². The van der Waals surface area contributed by atoms with E-state index in [4.69, 9.17) is 22.4 Å². The van der Waals surface area contributed by atoms with Crippen LogP contribution in [0.15, 0.2) is 0 Å². The first kappa shape index (κ1) is 21.8. The average molecular weight is 298 g/mol. The molecule has 19 heavy (non-hydrogen) atoms. The fraction of sp³-hybridized carbons (Fsp3) is 0.846. The summed E-state index contributed by atoms with van der Waals surface area (Å²) in [6.07, 6.45) is -1.27. The number of amides is 1. The van der Waals surface area contributed by atoms with Gasteiger partial charge in [-0.05, 0) is 10.8 Å². The Balaban J connectivity index is -0.000000508. The number of hydrogen-bond acceptors (Lipinski definition) is 3. The third-order valence-electron chi connectivity index (χ3n) is 2.15. The second-order valence-electron chi connectivity index (χ2n) is 6.20. The third-order valence-corrected chi connectivity index (χ3v) is 2.15. The van der Waals surface area contributed by atoms with Crippen LogP contribution in [0.1, 0.15) is 49.3 Å². The summed E-state index contributed by atoms with van der Waals surface area (Å²) in [6, 6.07) is 0. The van der Waals surface area contributed by atoms with Crippen LogP contribution in [0, 0.1) is 10.8 Å². The molecule has 6 heteroatoms. The molecule has 0 bridgehead atoms. The molecule has 2 N–H and O–H groups in total. The molecule has 0 aliphatic carbocycles. The zero-order chi connectivity index (χ0) is 15.9. The molecule has 0 aromatic rings. The van der Waals surface area contributed by atoms with E-state index in [-0.39, 0.29) is 87.3 Å². The molecule has 0 aliphatic rings. The van der Waals surface area contributed by atoms with Crippen molar-refractivity contribution < 1.29 is 67.1 Å². The van der Waals surface area contributed by atoms with Crippen LogP contribution in [0.25, 0.3) is 11.5 Å². The monoisotopic (exact) mass is 298 g/mol. The summed E-state index contributed by atoms with van der Waals surface area (Å²) < 4.78 is 11.1. The van der Waals surface area contributed by atoms with Gasteiger partial charge in [-0.15, -0.1) is 6.54 Å². The molecule has 108 valence electrons. The quantitative estimate of drug-likeness (QED) is 0.435. The summed E-state index contributed by atoms with van der Waals surface area (Å²) in [7, 11) is 0. The topological polar surface area (TPSA) is 91.0 Å². The predicted molar refractivity (Wildman–Crippen MR) is 73.0 cm³/mol. The molecule has 0 rings (SSSR count). The molecular weight excluding hydrogens is 271 g/mol. The minimum atomic E-state index is -1.33. The van der Waals surface area contributed by atoms with Gasteiger partial charge in [0.05, 0.1) is 1.37 Å². The second kappa shape index (κ2) is 11.2. The zero-order valence-corrected chi connectivity index (χ0v) is 16.3. The summed E-state index contributed by atoms with van der Waals surface area (Å²) in [6.45, 7) is 12.5. The molecular formula is C13H26KN2O3-. The minimum Gasteiger partial charge on any atom is -0.677 e. The number of carbonyl (C=O) groups excluding carboxylic acids is 2. The number of rotatable bonds is 3. The van der Waals surface area contributed by atoms with Gasteiger partial charge in [0.1, 0.15) is 6.10 Å². The van der Waals surface area contributed by atoms with Gasteiger partial charge < -0.3 is 21.0 Å². The van der Waals surface area contributed by atoms with E-state index in [2.05, 4.69) is 41.5 Å². The van der Waals surface area contributed by atoms with Crippen molar-refractivity contribution in [2.24, 2.45) is 10.8 Å². The SMILES string of the molecule is CC(C)(C)C(OC(=O)CC[NH-])C(C)(C)C.[2H]C([NH-])=O.[K+]. The Morgan fingerprint density at radius 3 is 1.79 bits per heavy atom. The fourth-order valence-corrected chi connectivity index (χ4v) is 1.95. The molecule has 0 fully saturated rings. The van der Waals surface area contributed by atoms with Crippen LogP contribution in [0.4, 0.5) is 0 Å². The molecule has 0 spiro atoms.